The summed E-state index contributed by atoms with van der Waals surface area (Å²) in [6.45, 7) is 7.19. The molecule has 200 valence electrons. The van der Waals surface area contributed by atoms with Gasteiger partial charge in [0, 0.05) is 6.54 Å². The molecule has 0 rings (SSSR count). The van der Waals surface area contributed by atoms with Gasteiger partial charge < -0.3 is 44.0 Å². The SMILES string of the molecule is CCC(C)C(N)C(=O)NC(C(=O)NC(CC(N)=O)C(=O)NC(CCCN=C(N)N)C(=O)O)C(C)C. The number of nitrogens with two attached hydrogens (primary N) is 4. The molecule has 0 bridgehead atoms. The van der Waals surface area contributed by atoms with E-state index in [2.05, 4.69) is 20.9 Å². The lowest BCUT2D eigenvalue weighted by Crippen LogP contribution is -2.59. The number of hydrogen-bond donors (Lipinski definition) is 8. The standard InChI is InChI=1S/C21H40N8O6/c1-5-11(4)15(23)18(32)29-16(10(2)3)19(33)28-13(9-14(22)30)17(31)27-12(20(34)35)7-6-8-26-21(24)25/h10-13,15-16H,5-9,23H2,1-4H3,(H2,22,30)(H,27,31)(H,28,33)(H,29,32)(H,34,35)(H4,24,25,26). The topological polar surface area (TPSA) is 258 Å². The van der Waals surface area contributed by atoms with Crippen molar-refractivity contribution in [2.45, 2.75) is 77.5 Å². The van der Waals surface area contributed by atoms with Gasteiger partial charge in [-0.15, -0.1) is 0 Å². The quantitative estimate of drug-likeness (QED) is 0.0631. The number of aliphatic imine (C=N–C) groups is 1. The Hall–Kier alpha value is -3.42. The van der Waals surface area contributed by atoms with E-state index in [4.69, 9.17) is 22.9 Å². The average Bonchev–Trinajstić information content (AvgIpc) is 2.76. The van der Waals surface area contributed by atoms with Crippen molar-refractivity contribution in [1.29, 1.82) is 0 Å². The highest BCUT2D eigenvalue weighted by atomic mass is 16.4. The summed E-state index contributed by atoms with van der Waals surface area (Å²) in [5, 5.41) is 16.7. The molecule has 0 aromatic rings. The summed E-state index contributed by atoms with van der Waals surface area (Å²) < 4.78 is 0. The number of nitrogens with one attached hydrogen (secondary N) is 3. The zero-order chi connectivity index (χ0) is 27.3. The number of primary amides is 1. The van der Waals surface area contributed by atoms with Gasteiger partial charge in [-0.05, 0) is 24.7 Å². The van der Waals surface area contributed by atoms with Gasteiger partial charge in [0.25, 0.3) is 0 Å². The Morgan fingerprint density at radius 3 is 1.91 bits per heavy atom. The Morgan fingerprint density at radius 2 is 1.46 bits per heavy atom. The molecule has 0 aliphatic carbocycles. The number of carboxylic acids is 1. The average molecular weight is 501 g/mol. The first-order valence-corrected chi connectivity index (χ1v) is 11.4. The van der Waals surface area contributed by atoms with Crippen LogP contribution in [0.15, 0.2) is 4.99 Å². The molecule has 14 nitrogen and oxygen atoms in total. The Kier molecular flexibility index (Phi) is 14.0. The first-order valence-electron chi connectivity index (χ1n) is 11.4. The molecule has 0 spiro atoms. The summed E-state index contributed by atoms with van der Waals surface area (Å²) in [7, 11) is 0. The number of aliphatic carboxylic acids is 1. The van der Waals surface area contributed by atoms with E-state index in [1.807, 2.05) is 6.92 Å². The van der Waals surface area contributed by atoms with Crippen molar-refractivity contribution in [3.8, 4) is 0 Å². The van der Waals surface area contributed by atoms with Gasteiger partial charge in [0.15, 0.2) is 5.96 Å². The zero-order valence-corrected chi connectivity index (χ0v) is 20.7. The summed E-state index contributed by atoms with van der Waals surface area (Å²) in [5.41, 5.74) is 21.6. The van der Waals surface area contributed by atoms with Crippen LogP contribution in [0.2, 0.25) is 0 Å². The molecule has 0 heterocycles. The van der Waals surface area contributed by atoms with Crippen LogP contribution < -0.4 is 38.9 Å². The summed E-state index contributed by atoms with van der Waals surface area (Å²) in [5.74, 6) is -5.07. The fraction of sp³-hybridized carbons (Fsp3) is 0.714. The zero-order valence-electron chi connectivity index (χ0n) is 20.7. The molecule has 4 amide bonds. The predicted octanol–water partition coefficient (Wildman–Crippen LogP) is -2.52. The highest BCUT2D eigenvalue weighted by molar-refractivity contribution is 5.96. The lowest BCUT2D eigenvalue weighted by atomic mass is 9.97. The van der Waals surface area contributed by atoms with E-state index >= 15 is 0 Å². The Morgan fingerprint density at radius 1 is 0.886 bits per heavy atom. The monoisotopic (exact) mass is 500 g/mol. The summed E-state index contributed by atoms with van der Waals surface area (Å²) in [6, 6.07) is -4.68. The lowest BCUT2D eigenvalue weighted by Gasteiger charge is -2.27. The predicted molar refractivity (Wildman–Crippen MR) is 129 cm³/mol. The number of rotatable bonds is 16. The summed E-state index contributed by atoms with van der Waals surface area (Å²) >= 11 is 0. The third-order valence-electron chi connectivity index (χ3n) is 5.40. The largest absolute Gasteiger partial charge is 0.480 e. The molecule has 0 saturated heterocycles. The maximum absolute atomic E-state index is 12.9. The molecule has 14 heteroatoms. The minimum atomic E-state index is -1.46. The van der Waals surface area contributed by atoms with Gasteiger partial charge in [-0.1, -0.05) is 34.1 Å². The third-order valence-corrected chi connectivity index (χ3v) is 5.40. The number of carbonyl (C=O) groups is 5. The smallest absolute Gasteiger partial charge is 0.326 e. The minimum absolute atomic E-state index is 0.00668. The van der Waals surface area contributed by atoms with E-state index < -0.39 is 60.2 Å². The van der Waals surface area contributed by atoms with Crippen molar-refractivity contribution in [3.05, 3.63) is 0 Å². The van der Waals surface area contributed by atoms with Crippen LogP contribution in [0, 0.1) is 11.8 Å². The van der Waals surface area contributed by atoms with Crippen LogP contribution in [0.5, 0.6) is 0 Å². The molecular weight excluding hydrogens is 460 g/mol. The number of nitrogens with zero attached hydrogens (tertiary/aromatic N) is 1. The van der Waals surface area contributed by atoms with E-state index in [-0.39, 0.29) is 37.2 Å². The van der Waals surface area contributed by atoms with Crippen molar-refractivity contribution in [1.82, 2.24) is 16.0 Å². The van der Waals surface area contributed by atoms with E-state index in [1.54, 1.807) is 20.8 Å². The van der Waals surface area contributed by atoms with E-state index in [0.29, 0.717) is 6.42 Å². The number of guanidine groups is 1. The molecule has 5 atom stereocenters. The van der Waals surface area contributed by atoms with Crippen molar-refractivity contribution >= 4 is 35.6 Å². The van der Waals surface area contributed by atoms with Crippen LogP contribution in [0.1, 0.15) is 53.4 Å². The molecular formula is C21H40N8O6. The second-order valence-electron chi connectivity index (χ2n) is 8.72. The van der Waals surface area contributed by atoms with Gasteiger partial charge in [0.05, 0.1) is 12.5 Å². The van der Waals surface area contributed by atoms with Gasteiger partial charge >= 0.3 is 5.97 Å². The Balaban J connectivity index is 5.44. The van der Waals surface area contributed by atoms with Crippen molar-refractivity contribution in [2.75, 3.05) is 6.54 Å². The molecule has 35 heavy (non-hydrogen) atoms. The van der Waals surface area contributed by atoms with Gasteiger partial charge in [0.1, 0.15) is 18.1 Å². The fourth-order valence-electron chi connectivity index (χ4n) is 3.00. The Bertz CT molecular complexity index is 784. The fourth-order valence-corrected chi connectivity index (χ4v) is 3.00. The minimum Gasteiger partial charge on any atom is -0.480 e. The molecule has 0 aromatic carbocycles. The van der Waals surface area contributed by atoms with Crippen LogP contribution >= 0.6 is 0 Å². The van der Waals surface area contributed by atoms with Crippen LogP contribution in [0.25, 0.3) is 0 Å². The molecule has 0 aromatic heterocycles. The van der Waals surface area contributed by atoms with Crippen molar-refractivity contribution in [2.24, 2.45) is 39.8 Å². The van der Waals surface area contributed by atoms with Crippen LogP contribution in [-0.2, 0) is 24.0 Å². The molecule has 12 N–H and O–H groups in total. The number of hydrogen-bond acceptors (Lipinski definition) is 7. The molecule has 0 aliphatic heterocycles. The summed E-state index contributed by atoms with van der Waals surface area (Å²) in [6.07, 6.45) is 0.320. The van der Waals surface area contributed by atoms with E-state index in [0.717, 1.165) is 0 Å². The van der Waals surface area contributed by atoms with Crippen molar-refractivity contribution < 1.29 is 29.1 Å². The maximum atomic E-state index is 12.9. The number of carbonyl (C=O) groups excluding carboxylic acids is 4. The number of carboxylic acid groups (broad SMARTS) is 1. The van der Waals surface area contributed by atoms with Gasteiger partial charge in [-0.25, -0.2) is 4.79 Å². The molecule has 0 aliphatic rings. The second kappa shape index (κ2) is 15.5. The molecule has 5 unspecified atom stereocenters. The second-order valence-corrected chi connectivity index (χ2v) is 8.72. The maximum Gasteiger partial charge on any atom is 0.326 e. The van der Waals surface area contributed by atoms with E-state index in [9.17, 15) is 29.1 Å². The van der Waals surface area contributed by atoms with Crippen LogP contribution in [0.4, 0.5) is 0 Å². The molecule has 0 fully saturated rings. The molecule has 0 radical (unpaired) electrons. The Labute approximate surface area is 205 Å². The first-order chi connectivity index (χ1) is 16.2. The van der Waals surface area contributed by atoms with Gasteiger partial charge in [0.2, 0.25) is 23.6 Å². The highest BCUT2D eigenvalue weighted by Gasteiger charge is 2.33. The molecule has 0 saturated carbocycles. The van der Waals surface area contributed by atoms with Crippen molar-refractivity contribution in [3.63, 3.8) is 0 Å². The highest BCUT2D eigenvalue weighted by Crippen LogP contribution is 2.09. The van der Waals surface area contributed by atoms with Gasteiger partial charge in [-0.2, -0.15) is 0 Å². The lowest BCUT2D eigenvalue weighted by molar-refractivity contribution is -0.142. The van der Waals surface area contributed by atoms with Crippen LogP contribution in [0.3, 0.4) is 0 Å². The van der Waals surface area contributed by atoms with Crippen LogP contribution in [-0.4, -0.2) is 71.4 Å². The number of amides is 4. The first kappa shape index (κ1) is 31.6. The van der Waals surface area contributed by atoms with E-state index in [1.165, 1.54) is 0 Å². The normalized spacial score (nSPS) is 15.1. The third kappa shape index (κ3) is 12.0. The summed E-state index contributed by atoms with van der Waals surface area (Å²) in [4.78, 5) is 65.0. The van der Waals surface area contributed by atoms with Gasteiger partial charge in [-0.3, -0.25) is 24.2 Å².